The first-order chi connectivity index (χ1) is 9.95. The molecule has 104 valence electrons. The molecule has 0 amide bonds. The molecule has 6 radical (unpaired) electrons. The maximum Gasteiger partial charge on any atom is 0.281 e. The fourth-order valence-electron chi connectivity index (χ4n) is 1.32. The summed E-state index contributed by atoms with van der Waals surface area (Å²) in [4.78, 5) is 22.5. The van der Waals surface area contributed by atoms with Gasteiger partial charge in [-0.25, -0.2) is 0 Å². The summed E-state index contributed by atoms with van der Waals surface area (Å²) in [6.07, 6.45) is 4.24. The second kappa shape index (κ2) is 20.0. The molecule has 0 spiro atoms. The van der Waals surface area contributed by atoms with Crippen LogP contribution in [-0.2, 0) is 31.7 Å². The molecule has 2 aromatic carbocycles. The van der Waals surface area contributed by atoms with Crippen molar-refractivity contribution in [2.75, 3.05) is 0 Å². The van der Waals surface area contributed by atoms with Crippen molar-refractivity contribution < 1.29 is 31.7 Å². The Morgan fingerprint density at radius 3 is 1.00 bits per heavy atom. The fraction of sp³-hybridized carbons (Fsp3) is 0. The van der Waals surface area contributed by atoms with Crippen LogP contribution in [0, 0.1) is 0 Å². The average molecular weight is 316 g/mol. The Balaban J connectivity index is -0.000000414. The van der Waals surface area contributed by atoms with E-state index in [2.05, 4.69) is 56.8 Å². The van der Waals surface area contributed by atoms with Crippen molar-refractivity contribution in [3.05, 3.63) is 71.8 Å². The van der Waals surface area contributed by atoms with E-state index in [0.29, 0.717) is 0 Å². The van der Waals surface area contributed by atoms with Gasteiger partial charge in [0.05, 0.1) is 0 Å². The van der Waals surface area contributed by atoms with Crippen molar-refractivity contribution in [2.24, 2.45) is 0 Å². The Morgan fingerprint density at radius 1 is 0.524 bits per heavy atom. The molecule has 0 saturated carbocycles. The number of benzene rings is 2. The Labute approximate surface area is 136 Å². The van der Waals surface area contributed by atoms with Gasteiger partial charge < -0.3 is 0 Å². The third kappa shape index (κ3) is 12.5. The van der Waals surface area contributed by atoms with Crippen LogP contribution in [-0.4, -0.2) is 20.4 Å². The zero-order chi connectivity index (χ0) is 15.6. The van der Waals surface area contributed by atoms with E-state index in [1.807, 2.05) is 36.4 Å². The molecule has 0 fully saturated rings. The Kier molecular flexibility index (Phi) is 22.7. The monoisotopic (exact) mass is 316 g/mol. The van der Waals surface area contributed by atoms with Crippen LogP contribution in [0.15, 0.2) is 60.7 Å². The van der Waals surface area contributed by atoms with Gasteiger partial charge in [-0.3, -0.25) is 14.4 Å². The first-order valence-corrected chi connectivity index (χ1v) is 5.34. The molecule has 21 heavy (non-hydrogen) atoms. The molecule has 2 rings (SSSR count). The molecule has 0 bridgehead atoms. The summed E-state index contributed by atoms with van der Waals surface area (Å²) in [5.74, 6) is 0. The predicted octanol–water partition coefficient (Wildman–Crippen LogP) is 2.66. The van der Waals surface area contributed by atoms with Crippen LogP contribution >= 0.6 is 0 Å². The summed E-state index contributed by atoms with van der Waals surface area (Å²) in [6, 6.07) is 20.6. The largest absolute Gasteiger partial charge is 0.281 e. The second-order valence-corrected chi connectivity index (χ2v) is 3.15. The molecule has 0 aliphatic carbocycles. The molecule has 0 saturated heterocycles. The van der Waals surface area contributed by atoms with Crippen LogP contribution < -0.4 is 0 Å². The zero-order valence-corrected chi connectivity index (χ0v) is 12.3. The quantitative estimate of drug-likeness (QED) is 0.800. The van der Waals surface area contributed by atoms with Crippen LogP contribution in [0.2, 0.25) is 0 Å². The minimum absolute atomic E-state index is 0. The molecule has 0 aromatic heterocycles. The van der Waals surface area contributed by atoms with E-state index in [9.17, 15) is 0 Å². The molecular formula is C17H12CrO3. The molecule has 0 N–H and O–H groups in total. The van der Waals surface area contributed by atoms with Crippen LogP contribution in [0.25, 0.3) is 12.2 Å². The molecule has 0 aliphatic heterocycles. The molecule has 3 nitrogen and oxygen atoms in total. The summed E-state index contributed by atoms with van der Waals surface area (Å²) in [6.45, 7) is 13.5. The first kappa shape index (κ1) is 23.8. The first-order valence-electron chi connectivity index (χ1n) is 5.34. The van der Waals surface area contributed by atoms with Gasteiger partial charge in [-0.05, 0) is 11.1 Å². The maximum atomic E-state index is 7.50. The summed E-state index contributed by atoms with van der Waals surface area (Å²) < 4.78 is 0. The Morgan fingerprint density at radius 2 is 0.762 bits per heavy atom. The minimum Gasteiger partial charge on any atom is -0.281 e. The molecular weight excluding hydrogens is 304 g/mol. The summed E-state index contributed by atoms with van der Waals surface area (Å²) >= 11 is 0. The van der Waals surface area contributed by atoms with E-state index in [4.69, 9.17) is 14.4 Å². The third-order valence-corrected chi connectivity index (χ3v) is 2.07. The van der Waals surface area contributed by atoms with Crippen molar-refractivity contribution in [1.29, 1.82) is 0 Å². The number of hydrogen-bond acceptors (Lipinski definition) is 3. The third-order valence-electron chi connectivity index (χ3n) is 2.07. The SMILES string of the molecule is C(=Cc1ccccc1)c1ccccc1.[C]=O.[C]=O.[C]=O.[Cr]. The molecule has 4 heteroatoms. The maximum absolute atomic E-state index is 7.50. The summed E-state index contributed by atoms with van der Waals surface area (Å²) in [7, 11) is 0. The molecule has 0 unspecified atom stereocenters. The van der Waals surface area contributed by atoms with Crippen molar-refractivity contribution in [3.63, 3.8) is 0 Å². The van der Waals surface area contributed by atoms with Gasteiger partial charge >= 0.3 is 0 Å². The standard InChI is InChI=1S/C14H12.3CO.Cr/c1-3-7-13(8-4-1)11-12-14-9-5-2-6-10-14;3*1-2;/h1-12H;;;;. The number of rotatable bonds is 2. The van der Waals surface area contributed by atoms with Crippen LogP contribution in [0.1, 0.15) is 11.1 Å². The topological polar surface area (TPSA) is 51.2 Å². The summed E-state index contributed by atoms with van der Waals surface area (Å²) in [5.41, 5.74) is 2.47. The van der Waals surface area contributed by atoms with Gasteiger partial charge in [-0.2, -0.15) is 0 Å². The molecule has 0 heterocycles. The van der Waals surface area contributed by atoms with E-state index >= 15 is 0 Å². The van der Waals surface area contributed by atoms with Crippen molar-refractivity contribution in [2.45, 2.75) is 0 Å². The van der Waals surface area contributed by atoms with Gasteiger partial charge in [0.2, 0.25) is 0 Å². The van der Waals surface area contributed by atoms with E-state index in [-0.39, 0.29) is 17.4 Å². The molecule has 2 aromatic rings. The normalized spacial score (nSPS) is 7.62. The smallest absolute Gasteiger partial charge is 0.281 e. The Hall–Kier alpha value is -2.28. The Bertz CT molecular complexity index is 412. The van der Waals surface area contributed by atoms with E-state index in [0.717, 1.165) is 0 Å². The van der Waals surface area contributed by atoms with Gasteiger partial charge in [-0.15, -0.1) is 0 Å². The van der Waals surface area contributed by atoms with Crippen LogP contribution in [0.5, 0.6) is 0 Å². The minimum atomic E-state index is 0. The van der Waals surface area contributed by atoms with Crippen molar-refractivity contribution in [1.82, 2.24) is 0 Å². The second-order valence-electron chi connectivity index (χ2n) is 3.15. The van der Waals surface area contributed by atoms with Gasteiger partial charge in [0.25, 0.3) is 20.4 Å². The van der Waals surface area contributed by atoms with Gasteiger partial charge in [0.1, 0.15) is 0 Å². The zero-order valence-electron chi connectivity index (χ0n) is 11.1. The van der Waals surface area contributed by atoms with E-state index in [1.165, 1.54) is 11.1 Å². The molecule has 0 atom stereocenters. The van der Waals surface area contributed by atoms with E-state index in [1.54, 1.807) is 0 Å². The molecule has 0 aliphatic rings. The van der Waals surface area contributed by atoms with Crippen molar-refractivity contribution in [3.8, 4) is 0 Å². The summed E-state index contributed by atoms with van der Waals surface area (Å²) in [5, 5.41) is 0. The predicted molar refractivity (Wildman–Crippen MR) is 78.9 cm³/mol. The van der Waals surface area contributed by atoms with Gasteiger partial charge in [0, 0.05) is 17.4 Å². The van der Waals surface area contributed by atoms with Gasteiger partial charge in [-0.1, -0.05) is 72.8 Å². The van der Waals surface area contributed by atoms with Gasteiger partial charge in [0.15, 0.2) is 0 Å². The van der Waals surface area contributed by atoms with Crippen LogP contribution in [0.4, 0.5) is 0 Å². The number of carbonyl (C=O) groups excluding carboxylic acids is 3. The number of hydrogen-bond donors (Lipinski definition) is 0. The fourth-order valence-corrected chi connectivity index (χ4v) is 1.32. The van der Waals surface area contributed by atoms with E-state index < -0.39 is 0 Å². The van der Waals surface area contributed by atoms with Crippen molar-refractivity contribution >= 4 is 32.5 Å². The van der Waals surface area contributed by atoms with Crippen LogP contribution in [0.3, 0.4) is 0 Å². The average Bonchev–Trinajstić information content (AvgIpc) is 2.60.